The van der Waals surface area contributed by atoms with Gasteiger partial charge < -0.3 is 4.74 Å². The van der Waals surface area contributed by atoms with Crippen molar-refractivity contribution < 1.29 is 14.3 Å². The molecule has 4 rings (SSSR count). The summed E-state index contributed by atoms with van der Waals surface area (Å²) in [6, 6.07) is 22.7. The third-order valence-electron chi connectivity index (χ3n) is 4.66. The first-order valence-electron chi connectivity index (χ1n) is 9.46. The normalized spacial score (nSPS) is 15.0. The van der Waals surface area contributed by atoms with Gasteiger partial charge >= 0.3 is 0 Å². The molecule has 0 saturated carbocycles. The topological polar surface area (TPSA) is 46.6 Å². The molecule has 4 nitrogen and oxygen atoms in total. The third kappa shape index (κ3) is 5.50. The van der Waals surface area contributed by atoms with E-state index in [-0.39, 0.29) is 17.7 Å². The van der Waals surface area contributed by atoms with Gasteiger partial charge in [-0.25, -0.2) is 0 Å². The highest BCUT2D eigenvalue weighted by atomic mass is 127. The lowest BCUT2D eigenvalue weighted by Gasteiger charge is -2.12. The number of ether oxygens (including phenoxy) is 1. The lowest BCUT2D eigenvalue weighted by molar-refractivity contribution is -0.123. The fraction of sp³-hybridized carbons (Fsp3) is 0.0833. The summed E-state index contributed by atoms with van der Waals surface area (Å²) in [5, 5.41) is 0.412. The first-order chi connectivity index (χ1) is 15.0. The maximum absolute atomic E-state index is 12.7. The highest BCUT2D eigenvalue weighted by Gasteiger charge is 2.34. The average Bonchev–Trinajstić information content (AvgIpc) is 3.03. The molecule has 3 aromatic carbocycles. The van der Waals surface area contributed by atoms with Crippen LogP contribution in [0.25, 0.3) is 6.08 Å². The van der Waals surface area contributed by atoms with E-state index < -0.39 is 0 Å². The number of hydrogen-bond acceptors (Lipinski definition) is 4. The van der Waals surface area contributed by atoms with Crippen LogP contribution in [0.1, 0.15) is 16.7 Å². The molecule has 2 amide bonds. The van der Waals surface area contributed by atoms with Crippen LogP contribution in [0.3, 0.4) is 0 Å². The molecule has 0 aliphatic carbocycles. The fourth-order valence-electron chi connectivity index (χ4n) is 3.00. The Morgan fingerprint density at radius 1 is 0.968 bits per heavy atom. The van der Waals surface area contributed by atoms with Crippen LogP contribution >= 0.6 is 46.0 Å². The minimum atomic E-state index is -0.271. The van der Waals surface area contributed by atoms with Gasteiger partial charge in [-0.1, -0.05) is 54.1 Å². The third-order valence-corrected chi connectivity index (χ3v) is 6.65. The van der Waals surface area contributed by atoms with E-state index in [9.17, 15) is 9.59 Å². The lowest BCUT2D eigenvalue weighted by atomic mass is 10.2. The number of benzene rings is 3. The SMILES string of the molecule is O=C1S/C(=C/c2ccc(OCc3ccccc3Cl)cc2)C(=O)N1Cc1ccc(I)cc1. The molecule has 0 radical (unpaired) electrons. The predicted molar refractivity (Wildman–Crippen MR) is 133 cm³/mol. The Labute approximate surface area is 203 Å². The van der Waals surface area contributed by atoms with Crippen LogP contribution in [0.5, 0.6) is 5.75 Å². The summed E-state index contributed by atoms with van der Waals surface area (Å²) >= 11 is 9.34. The molecule has 1 aliphatic heterocycles. The van der Waals surface area contributed by atoms with Gasteiger partial charge in [0.05, 0.1) is 11.4 Å². The van der Waals surface area contributed by atoms with E-state index in [0.717, 1.165) is 32.0 Å². The van der Waals surface area contributed by atoms with Crippen LogP contribution in [-0.2, 0) is 17.9 Å². The van der Waals surface area contributed by atoms with Gasteiger partial charge in [-0.3, -0.25) is 14.5 Å². The molecular weight excluding hydrogens is 545 g/mol. The minimum absolute atomic E-state index is 0.255. The number of amides is 2. The molecular formula is C24H17ClINO3S. The van der Waals surface area contributed by atoms with Crippen LogP contribution in [0.15, 0.2) is 77.7 Å². The number of nitrogens with zero attached hydrogens (tertiary/aromatic N) is 1. The van der Waals surface area contributed by atoms with Crippen molar-refractivity contribution in [3.63, 3.8) is 0 Å². The number of thioether (sulfide) groups is 1. The zero-order chi connectivity index (χ0) is 21.8. The Morgan fingerprint density at radius 3 is 2.39 bits per heavy atom. The molecule has 1 saturated heterocycles. The highest BCUT2D eigenvalue weighted by molar-refractivity contribution is 14.1. The van der Waals surface area contributed by atoms with Gasteiger partial charge in [0.2, 0.25) is 0 Å². The molecule has 7 heteroatoms. The predicted octanol–water partition coefficient (Wildman–Crippen LogP) is 6.76. The average molecular weight is 562 g/mol. The minimum Gasteiger partial charge on any atom is -0.489 e. The second-order valence-electron chi connectivity index (χ2n) is 6.84. The van der Waals surface area contributed by atoms with Crippen LogP contribution in [-0.4, -0.2) is 16.0 Å². The van der Waals surface area contributed by atoms with Crippen molar-refractivity contribution in [1.82, 2.24) is 4.90 Å². The molecule has 1 aliphatic rings. The van der Waals surface area contributed by atoms with Crippen LogP contribution in [0.4, 0.5) is 4.79 Å². The number of hydrogen-bond donors (Lipinski definition) is 0. The van der Waals surface area contributed by atoms with Gasteiger partial charge in [0.1, 0.15) is 12.4 Å². The summed E-state index contributed by atoms with van der Waals surface area (Å²) in [6.07, 6.45) is 1.73. The Balaban J connectivity index is 1.41. The maximum Gasteiger partial charge on any atom is 0.293 e. The zero-order valence-corrected chi connectivity index (χ0v) is 20.0. The molecule has 3 aromatic rings. The Bertz CT molecular complexity index is 1150. The summed E-state index contributed by atoms with van der Waals surface area (Å²) in [5.74, 6) is 0.427. The Hall–Kier alpha value is -2.29. The molecule has 31 heavy (non-hydrogen) atoms. The molecule has 1 heterocycles. The molecule has 0 aromatic heterocycles. The van der Waals surface area contributed by atoms with Gasteiger partial charge in [-0.05, 0) is 81.9 Å². The summed E-state index contributed by atoms with van der Waals surface area (Å²) in [7, 11) is 0. The Morgan fingerprint density at radius 2 is 1.68 bits per heavy atom. The zero-order valence-electron chi connectivity index (χ0n) is 16.3. The highest BCUT2D eigenvalue weighted by Crippen LogP contribution is 2.33. The van der Waals surface area contributed by atoms with Gasteiger partial charge in [-0.15, -0.1) is 0 Å². The van der Waals surface area contributed by atoms with E-state index in [1.807, 2.05) is 72.8 Å². The van der Waals surface area contributed by atoms with Crippen molar-refractivity contribution >= 4 is 63.2 Å². The number of imide groups is 1. The summed E-state index contributed by atoms with van der Waals surface area (Å²) < 4.78 is 6.89. The van der Waals surface area contributed by atoms with Crippen molar-refractivity contribution in [3.8, 4) is 5.75 Å². The summed E-state index contributed by atoms with van der Waals surface area (Å²) in [4.78, 5) is 26.8. The van der Waals surface area contributed by atoms with Gasteiger partial charge in [-0.2, -0.15) is 0 Å². The number of halogens is 2. The molecule has 0 spiro atoms. The lowest BCUT2D eigenvalue weighted by Crippen LogP contribution is -2.27. The van der Waals surface area contributed by atoms with Crippen LogP contribution < -0.4 is 4.74 Å². The van der Waals surface area contributed by atoms with Crippen LogP contribution in [0, 0.1) is 3.57 Å². The van der Waals surface area contributed by atoms with E-state index in [4.69, 9.17) is 16.3 Å². The van der Waals surface area contributed by atoms with E-state index in [1.54, 1.807) is 6.08 Å². The number of carbonyl (C=O) groups is 2. The second-order valence-corrected chi connectivity index (χ2v) is 9.49. The monoisotopic (exact) mass is 561 g/mol. The molecule has 0 N–H and O–H groups in total. The van der Waals surface area contributed by atoms with Crippen molar-refractivity contribution in [3.05, 3.63) is 103 Å². The van der Waals surface area contributed by atoms with E-state index in [2.05, 4.69) is 22.6 Å². The standard InChI is InChI=1S/C24H17ClINO3S/c25-21-4-2-1-3-18(21)15-30-20-11-7-16(8-12-20)13-22-23(28)27(24(29)31-22)14-17-5-9-19(26)10-6-17/h1-13H,14-15H2/b22-13+. The first kappa shape index (κ1) is 21.9. The number of rotatable bonds is 6. The number of carbonyl (C=O) groups excluding carboxylic acids is 2. The first-order valence-corrected chi connectivity index (χ1v) is 11.7. The fourth-order valence-corrected chi connectivity index (χ4v) is 4.39. The smallest absolute Gasteiger partial charge is 0.293 e. The van der Waals surface area contributed by atoms with Crippen molar-refractivity contribution in [2.24, 2.45) is 0 Å². The quantitative estimate of drug-likeness (QED) is 0.246. The molecule has 0 unspecified atom stereocenters. The van der Waals surface area contributed by atoms with Crippen LogP contribution in [0.2, 0.25) is 5.02 Å². The van der Waals surface area contributed by atoms with Crippen molar-refractivity contribution in [2.45, 2.75) is 13.2 Å². The molecule has 0 bridgehead atoms. The summed E-state index contributed by atoms with van der Waals surface area (Å²) in [5.41, 5.74) is 2.66. The van der Waals surface area contributed by atoms with Gasteiger partial charge in [0.25, 0.3) is 11.1 Å². The molecule has 0 atom stereocenters. The maximum atomic E-state index is 12.7. The van der Waals surface area contributed by atoms with Crippen molar-refractivity contribution in [1.29, 1.82) is 0 Å². The van der Waals surface area contributed by atoms with Gasteiger partial charge in [0.15, 0.2) is 0 Å². The summed E-state index contributed by atoms with van der Waals surface area (Å²) in [6.45, 7) is 0.643. The van der Waals surface area contributed by atoms with E-state index in [0.29, 0.717) is 22.3 Å². The Kier molecular flexibility index (Phi) is 6.99. The van der Waals surface area contributed by atoms with E-state index >= 15 is 0 Å². The molecule has 1 fully saturated rings. The van der Waals surface area contributed by atoms with Gasteiger partial charge in [0, 0.05) is 14.2 Å². The van der Waals surface area contributed by atoms with E-state index in [1.165, 1.54) is 4.90 Å². The van der Waals surface area contributed by atoms with Crippen molar-refractivity contribution in [2.75, 3.05) is 0 Å². The largest absolute Gasteiger partial charge is 0.489 e. The molecule has 156 valence electrons. The second kappa shape index (κ2) is 9.89.